The van der Waals surface area contributed by atoms with Gasteiger partial charge in [-0.05, 0) is 68.3 Å². The van der Waals surface area contributed by atoms with E-state index >= 15 is 0 Å². The highest BCUT2D eigenvalue weighted by Gasteiger charge is 2.68. The quantitative estimate of drug-likeness (QED) is 0.369. The van der Waals surface area contributed by atoms with E-state index in [1.807, 2.05) is 6.08 Å². The lowest BCUT2D eigenvalue weighted by Crippen LogP contribution is -2.62. The van der Waals surface area contributed by atoms with E-state index in [4.69, 9.17) is 4.74 Å². The number of aliphatic hydroxyl groups is 3. The second-order valence-electron chi connectivity index (χ2n) is 10.2. The molecule has 1 heterocycles. The average molecular weight is 402 g/mol. The fourth-order valence-electron chi connectivity index (χ4n) is 7.73. The summed E-state index contributed by atoms with van der Waals surface area (Å²) in [5.74, 6) is -0.292. The fraction of sp³-hybridized carbons (Fsp3) is 0.739. The van der Waals surface area contributed by atoms with E-state index in [9.17, 15) is 24.9 Å². The maximum atomic E-state index is 12.4. The van der Waals surface area contributed by atoms with Crippen LogP contribution >= 0.6 is 0 Å². The minimum atomic E-state index is -0.924. The number of carbonyl (C=O) groups excluding carboxylic acids is 2. The van der Waals surface area contributed by atoms with E-state index in [0.29, 0.717) is 25.9 Å². The summed E-state index contributed by atoms with van der Waals surface area (Å²) < 4.78 is 5.15. The van der Waals surface area contributed by atoms with Crippen molar-refractivity contribution in [3.63, 3.8) is 0 Å². The molecule has 5 rings (SSSR count). The third-order valence-electron chi connectivity index (χ3n) is 9.29. The molecule has 8 atom stereocenters. The number of esters is 1. The number of ether oxygens (including phenoxy) is 1. The van der Waals surface area contributed by atoms with Crippen molar-refractivity contribution in [2.45, 2.75) is 69.7 Å². The Kier molecular flexibility index (Phi) is 4.20. The lowest BCUT2D eigenvalue weighted by Gasteiger charge is -2.61. The largest absolute Gasteiger partial charge is 0.458 e. The molecule has 0 aromatic heterocycles. The molecular weight excluding hydrogens is 372 g/mol. The number of fused-ring (bicyclic) bond motifs is 5. The Hall–Kier alpha value is -1.50. The van der Waals surface area contributed by atoms with Crippen LogP contribution in [0.3, 0.4) is 0 Å². The van der Waals surface area contributed by atoms with E-state index in [0.717, 1.165) is 36.7 Å². The van der Waals surface area contributed by atoms with Crippen LogP contribution in [0.1, 0.15) is 51.9 Å². The topological polar surface area (TPSA) is 104 Å². The summed E-state index contributed by atoms with van der Waals surface area (Å²) >= 11 is 0. The average Bonchev–Trinajstić information content (AvgIpc) is 3.23. The van der Waals surface area contributed by atoms with Gasteiger partial charge >= 0.3 is 5.97 Å². The molecule has 3 fully saturated rings. The number of hydrogen-bond donors (Lipinski definition) is 3. The van der Waals surface area contributed by atoms with Crippen LogP contribution < -0.4 is 0 Å². The third-order valence-corrected chi connectivity index (χ3v) is 9.29. The number of allylic oxidation sites excluding steroid dienone is 1. The van der Waals surface area contributed by atoms with E-state index < -0.39 is 23.2 Å². The van der Waals surface area contributed by atoms with Gasteiger partial charge < -0.3 is 24.9 Å². The predicted octanol–water partition coefficient (Wildman–Crippen LogP) is 1.67. The molecule has 0 spiro atoms. The van der Waals surface area contributed by atoms with Crippen molar-refractivity contribution in [1.82, 2.24) is 0 Å². The van der Waals surface area contributed by atoms with Gasteiger partial charge in [-0.15, -0.1) is 0 Å². The summed E-state index contributed by atoms with van der Waals surface area (Å²) in [5, 5.41) is 32.6. The van der Waals surface area contributed by atoms with Gasteiger partial charge in [-0.25, -0.2) is 4.79 Å². The summed E-state index contributed by atoms with van der Waals surface area (Å²) in [5.41, 5.74) is -0.156. The molecule has 0 aromatic carbocycles. The molecule has 0 saturated heterocycles. The minimum Gasteiger partial charge on any atom is -0.458 e. The van der Waals surface area contributed by atoms with Crippen molar-refractivity contribution in [2.75, 3.05) is 6.61 Å². The van der Waals surface area contributed by atoms with Crippen molar-refractivity contribution in [3.05, 3.63) is 23.3 Å². The van der Waals surface area contributed by atoms with E-state index in [1.165, 1.54) is 0 Å². The Bertz CT molecular complexity index is 816. The Balaban J connectivity index is 1.53. The van der Waals surface area contributed by atoms with Crippen molar-refractivity contribution >= 4 is 12.3 Å². The van der Waals surface area contributed by atoms with Gasteiger partial charge in [-0.1, -0.05) is 18.6 Å². The highest BCUT2D eigenvalue weighted by atomic mass is 16.5. The van der Waals surface area contributed by atoms with Crippen LogP contribution in [0.2, 0.25) is 0 Å². The zero-order valence-electron chi connectivity index (χ0n) is 16.8. The van der Waals surface area contributed by atoms with Crippen LogP contribution in [-0.4, -0.2) is 52.0 Å². The van der Waals surface area contributed by atoms with E-state index in [2.05, 4.69) is 6.92 Å². The Morgan fingerprint density at radius 1 is 1.17 bits per heavy atom. The van der Waals surface area contributed by atoms with Gasteiger partial charge in [0.1, 0.15) is 12.9 Å². The second-order valence-corrected chi connectivity index (χ2v) is 10.2. The van der Waals surface area contributed by atoms with Gasteiger partial charge in [0.2, 0.25) is 0 Å². The van der Waals surface area contributed by atoms with Crippen molar-refractivity contribution < 1.29 is 29.6 Å². The molecule has 0 radical (unpaired) electrons. The van der Waals surface area contributed by atoms with Crippen LogP contribution in [0.4, 0.5) is 0 Å². The van der Waals surface area contributed by atoms with Gasteiger partial charge in [-0.3, -0.25) is 0 Å². The molecular formula is C23H30O6. The summed E-state index contributed by atoms with van der Waals surface area (Å²) in [4.78, 5) is 24.1. The molecule has 3 saturated carbocycles. The van der Waals surface area contributed by atoms with Gasteiger partial charge in [-0.2, -0.15) is 0 Å². The maximum absolute atomic E-state index is 12.4. The SMILES string of the molecule is C[C@]12CC[C@H]3[C@@H](CC=C4C[C@@H](O)[C@H](O)C[C@@]43C=O)[C@@]1(O)CC[C@@H]2C1=CC(=O)OC1. The first-order valence-electron chi connectivity index (χ1n) is 10.9. The van der Waals surface area contributed by atoms with Gasteiger partial charge in [0.05, 0.1) is 23.2 Å². The molecule has 6 nitrogen and oxygen atoms in total. The predicted molar refractivity (Wildman–Crippen MR) is 103 cm³/mol. The molecule has 158 valence electrons. The van der Waals surface area contributed by atoms with Crippen molar-refractivity contribution in [3.8, 4) is 0 Å². The maximum Gasteiger partial charge on any atom is 0.331 e. The van der Waals surface area contributed by atoms with Crippen molar-refractivity contribution in [2.24, 2.45) is 28.6 Å². The lowest BCUT2D eigenvalue weighted by molar-refractivity contribution is -0.183. The number of cyclic esters (lactones) is 1. The molecule has 1 aliphatic heterocycles. The molecule has 6 heteroatoms. The number of aliphatic hydroxyl groups excluding tert-OH is 2. The lowest BCUT2D eigenvalue weighted by atomic mass is 9.45. The number of rotatable bonds is 2. The molecule has 0 unspecified atom stereocenters. The molecule has 0 bridgehead atoms. The Morgan fingerprint density at radius 2 is 1.97 bits per heavy atom. The van der Waals surface area contributed by atoms with Crippen LogP contribution in [0.5, 0.6) is 0 Å². The molecule has 4 aliphatic carbocycles. The van der Waals surface area contributed by atoms with E-state index in [-0.39, 0.29) is 35.6 Å². The zero-order valence-corrected chi connectivity index (χ0v) is 16.8. The molecule has 0 aromatic rings. The highest BCUT2D eigenvalue weighted by molar-refractivity contribution is 5.85. The number of hydrogen-bond acceptors (Lipinski definition) is 6. The monoisotopic (exact) mass is 402 g/mol. The summed E-state index contributed by atoms with van der Waals surface area (Å²) in [6.45, 7) is 2.45. The third kappa shape index (κ3) is 2.39. The van der Waals surface area contributed by atoms with Crippen LogP contribution in [0.25, 0.3) is 0 Å². The molecule has 3 N–H and O–H groups in total. The highest BCUT2D eigenvalue weighted by Crippen LogP contribution is 2.68. The smallest absolute Gasteiger partial charge is 0.331 e. The second kappa shape index (κ2) is 6.25. The summed E-state index contributed by atoms with van der Waals surface area (Å²) in [6.07, 6.45) is 7.13. The number of aldehydes is 1. The number of carbonyl (C=O) groups is 2. The Morgan fingerprint density at radius 3 is 2.66 bits per heavy atom. The molecule has 29 heavy (non-hydrogen) atoms. The van der Waals surface area contributed by atoms with Crippen LogP contribution in [0, 0.1) is 28.6 Å². The minimum absolute atomic E-state index is 0.0329. The van der Waals surface area contributed by atoms with Crippen LogP contribution in [0.15, 0.2) is 23.3 Å². The van der Waals surface area contributed by atoms with Crippen molar-refractivity contribution in [1.29, 1.82) is 0 Å². The first kappa shape index (κ1) is 19.5. The van der Waals surface area contributed by atoms with Crippen LogP contribution in [-0.2, 0) is 14.3 Å². The first-order valence-corrected chi connectivity index (χ1v) is 10.9. The molecule has 5 aliphatic rings. The van der Waals surface area contributed by atoms with Gasteiger partial charge in [0.15, 0.2) is 0 Å². The van der Waals surface area contributed by atoms with Gasteiger partial charge in [0.25, 0.3) is 0 Å². The summed E-state index contributed by atoms with van der Waals surface area (Å²) in [7, 11) is 0. The first-order chi connectivity index (χ1) is 13.7. The standard InChI is InChI=1S/C23H30O6/c1-21-6-4-16-17(3-2-14-9-18(25)19(26)10-22(14,16)12-24)23(21,28)7-5-15(21)13-8-20(27)29-11-13/h2,8,12,15-19,25-26,28H,3-7,9-11H2,1H3/t15-,16+,17-,18-,19-,21-,22-,23+/m1/s1. The Labute approximate surface area is 170 Å². The fourth-order valence-corrected chi connectivity index (χ4v) is 7.73. The molecule has 0 amide bonds. The summed E-state index contributed by atoms with van der Waals surface area (Å²) in [6, 6.07) is 0. The van der Waals surface area contributed by atoms with Gasteiger partial charge in [0, 0.05) is 11.5 Å². The zero-order chi connectivity index (χ0) is 20.6. The normalized spacial score (nSPS) is 51.3. The van der Waals surface area contributed by atoms with E-state index in [1.54, 1.807) is 6.08 Å².